The van der Waals surface area contributed by atoms with Crippen LogP contribution in [-0.2, 0) is 14.3 Å². The van der Waals surface area contributed by atoms with E-state index in [4.69, 9.17) is 9.84 Å². The summed E-state index contributed by atoms with van der Waals surface area (Å²) in [5, 5.41) is 14.7. The molecule has 0 saturated carbocycles. The molecule has 0 aliphatic carbocycles. The van der Waals surface area contributed by atoms with Crippen LogP contribution in [0.5, 0.6) is 0 Å². The van der Waals surface area contributed by atoms with Crippen molar-refractivity contribution in [1.29, 1.82) is 0 Å². The van der Waals surface area contributed by atoms with Crippen LogP contribution in [0.4, 0.5) is 5.69 Å². The molecule has 0 aromatic heterocycles. The average molecular weight is 308 g/mol. The number of anilines is 1. The van der Waals surface area contributed by atoms with Crippen molar-refractivity contribution in [2.75, 3.05) is 18.5 Å². The number of carboxylic acid groups (broad SMARTS) is 1. The number of nitrogens with one attached hydrogen (secondary N) is 2. The van der Waals surface area contributed by atoms with Crippen molar-refractivity contribution in [2.45, 2.75) is 38.8 Å². The van der Waals surface area contributed by atoms with E-state index in [1.54, 1.807) is 24.3 Å². The van der Waals surface area contributed by atoms with Gasteiger partial charge in [0.15, 0.2) is 0 Å². The van der Waals surface area contributed by atoms with E-state index in [2.05, 4.69) is 10.6 Å². The number of hydrogen-bond donors (Lipinski definition) is 3. The van der Waals surface area contributed by atoms with Gasteiger partial charge < -0.3 is 20.5 Å². The van der Waals surface area contributed by atoms with Crippen LogP contribution in [-0.4, -0.2) is 42.3 Å². The Morgan fingerprint density at radius 1 is 1.23 bits per heavy atom. The van der Waals surface area contributed by atoms with Gasteiger partial charge in [-0.2, -0.15) is 0 Å². The molecule has 0 saturated heterocycles. The SMILES string of the molecule is CC(C)OCCCNC(CC(=O)Nc1ccccc1)C(=O)O. The lowest BCUT2D eigenvalue weighted by Gasteiger charge is -2.15. The standard InChI is InChI=1S/C16H24N2O4/c1-12(2)22-10-6-9-17-14(16(20)21)11-15(19)18-13-7-4-3-5-8-13/h3-5,7-8,12,14,17H,6,9-11H2,1-2H3,(H,18,19)(H,20,21). The highest BCUT2D eigenvalue weighted by Gasteiger charge is 2.20. The van der Waals surface area contributed by atoms with Crippen molar-refractivity contribution in [3.05, 3.63) is 30.3 Å². The molecule has 0 aliphatic rings. The van der Waals surface area contributed by atoms with E-state index in [9.17, 15) is 9.59 Å². The second kappa shape index (κ2) is 9.92. The van der Waals surface area contributed by atoms with Crippen molar-refractivity contribution in [3.8, 4) is 0 Å². The lowest BCUT2D eigenvalue weighted by Crippen LogP contribution is -2.40. The molecule has 1 aromatic carbocycles. The Morgan fingerprint density at radius 2 is 1.91 bits per heavy atom. The lowest BCUT2D eigenvalue weighted by molar-refractivity contribution is -0.141. The van der Waals surface area contributed by atoms with Crippen molar-refractivity contribution >= 4 is 17.6 Å². The van der Waals surface area contributed by atoms with Crippen molar-refractivity contribution in [1.82, 2.24) is 5.32 Å². The third-order valence-corrected chi connectivity index (χ3v) is 2.91. The Morgan fingerprint density at radius 3 is 2.50 bits per heavy atom. The third-order valence-electron chi connectivity index (χ3n) is 2.91. The van der Waals surface area contributed by atoms with Gasteiger partial charge in [-0.3, -0.25) is 9.59 Å². The third kappa shape index (κ3) is 7.75. The molecule has 1 atom stereocenters. The smallest absolute Gasteiger partial charge is 0.321 e. The maximum atomic E-state index is 11.9. The average Bonchev–Trinajstić information content (AvgIpc) is 2.46. The van der Waals surface area contributed by atoms with Crippen LogP contribution < -0.4 is 10.6 Å². The predicted octanol–water partition coefficient (Wildman–Crippen LogP) is 1.87. The molecule has 0 fully saturated rings. The molecule has 1 aromatic rings. The molecule has 3 N–H and O–H groups in total. The molecular weight excluding hydrogens is 284 g/mol. The molecule has 1 rings (SSSR count). The summed E-state index contributed by atoms with van der Waals surface area (Å²) >= 11 is 0. The summed E-state index contributed by atoms with van der Waals surface area (Å²) in [4.78, 5) is 23.1. The van der Waals surface area contributed by atoms with Crippen LogP contribution in [0.25, 0.3) is 0 Å². The van der Waals surface area contributed by atoms with E-state index in [0.717, 1.165) is 0 Å². The summed E-state index contributed by atoms with van der Waals surface area (Å²) < 4.78 is 5.38. The molecule has 0 spiro atoms. The molecule has 0 radical (unpaired) electrons. The highest BCUT2D eigenvalue weighted by Crippen LogP contribution is 2.06. The van der Waals surface area contributed by atoms with Crippen LogP contribution in [0, 0.1) is 0 Å². The summed E-state index contributed by atoms with van der Waals surface area (Å²) in [7, 11) is 0. The Labute approximate surface area is 130 Å². The zero-order chi connectivity index (χ0) is 16.4. The minimum Gasteiger partial charge on any atom is -0.480 e. The molecule has 6 heteroatoms. The Balaban J connectivity index is 2.34. The molecule has 22 heavy (non-hydrogen) atoms. The highest BCUT2D eigenvalue weighted by molar-refractivity contribution is 5.93. The van der Waals surface area contributed by atoms with E-state index < -0.39 is 12.0 Å². The van der Waals surface area contributed by atoms with E-state index in [1.807, 2.05) is 19.9 Å². The summed E-state index contributed by atoms with van der Waals surface area (Å²) in [6.07, 6.45) is 0.740. The zero-order valence-corrected chi connectivity index (χ0v) is 13.0. The topological polar surface area (TPSA) is 87.7 Å². The number of hydrogen-bond acceptors (Lipinski definition) is 4. The van der Waals surface area contributed by atoms with Gasteiger partial charge in [0.1, 0.15) is 6.04 Å². The maximum absolute atomic E-state index is 11.9. The highest BCUT2D eigenvalue weighted by atomic mass is 16.5. The van der Waals surface area contributed by atoms with Crippen LogP contribution in [0.1, 0.15) is 26.7 Å². The van der Waals surface area contributed by atoms with Gasteiger partial charge in [-0.25, -0.2) is 0 Å². The molecule has 6 nitrogen and oxygen atoms in total. The first-order chi connectivity index (χ1) is 10.5. The molecule has 0 heterocycles. The number of para-hydroxylation sites is 1. The summed E-state index contributed by atoms with van der Waals surface area (Å²) in [6, 6.07) is 8.06. The maximum Gasteiger partial charge on any atom is 0.321 e. The largest absolute Gasteiger partial charge is 0.480 e. The fraction of sp³-hybridized carbons (Fsp3) is 0.500. The quantitative estimate of drug-likeness (QED) is 0.574. The molecule has 1 amide bonds. The van der Waals surface area contributed by atoms with E-state index >= 15 is 0 Å². The number of aliphatic carboxylic acids is 1. The van der Waals surface area contributed by atoms with Gasteiger partial charge in [0, 0.05) is 12.3 Å². The van der Waals surface area contributed by atoms with Crippen LogP contribution >= 0.6 is 0 Å². The van der Waals surface area contributed by atoms with E-state index in [1.165, 1.54) is 0 Å². The van der Waals surface area contributed by atoms with Gasteiger partial charge in [0.05, 0.1) is 12.5 Å². The summed E-state index contributed by atoms with van der Waals surface area (Å²) in [5.74, 6) is -1.36. The Bertz CT molecular complexity index is 462. The molecule has 1 unspecified atom stereocenters. The minimum atomic E-state index is -1.03. The number of carbonyl (C=O) groups is 2. The first-order valence-corrected chi connectivity index (χ1v) is 7.41. The van der Waals surface area contributed by atoms with E-state index in [0.29, 0.717) is 25.3 Å². The Kier molecular flexibility index (Phi) is 8.17. The lowest BCUT2D eigenvalue weighted by atomic mass is 10.2. The number of carboxylic acids is 1. The van der Waals surface area contributed by atoms with Crippen LogP contribution in [0.3, 0.4) is 0 Å². The number of rotatable bonds is 10. The fourth-order valence-electron chi connectivity index (χ4n) is 1.83. The molecular formula is C16H24N2O4. The van der Waals surface area contributed by atoms with Gasteiger partial charge in [0.2, 0.25) is 5.91 Å². The molecule has 0 bridgehead atoms. The molecule has 122 valence electrons. The van der Waals surface area contributed by atoms with Crippen LogP contribution in [0.15, 0.2) is 30.3 Å². The van der Waals surface area contributed by atoms with Gasteiger partial charge in [0.25, 0.3) is 0 Å². The van der Waals surface area contributed by atoms with Gasteiger partial charge in [-0.15, -0.1) is 0 Å². The predicted molar refractivity (Wildman–Crippen MR) is 84.8 cm³/mol. The second-order valence-electron chi connectivity index (χ2n) is 5.24. The fourth-order valence-corrected chi connectivity index (χ4v) is 1.83. The van der Waals surface area contributed by atoms with Crippen molar-refractivity contribution < 1.29 is 19.4 Å². The number of ether oxygens (including phenoxy) is 1. The zero-order valence-electron chi connectivity index (χ0n) is 13.0. The first kappa shape index (κ1) is 18.1. The van der Waals surface area contributed by atoms with Crippen LogP contribution in [0.2, 0.25) is 0 Å². The molecule has 0 aliphatic heterocycles. The van der Waals surface area contributed by atoms with Crippen molar-refractivity contribution in [2.24, 2.45) is 0 Å². The number of amides is 1. The monoisotopic (exact) mass is 308 g/mol. The van der Waals surface area contributed by atoms with Gasteiger partial charge in [-0.1, -0.05) is 18.2 Å². The number of benzene rings is 1. The summed E-state index contributed by atoms with van der Waals surface area (Å²) in [6.45, 7) is 4.94. The van der Waals surface area contributed by atoms with Crippen molar-refractivity contribution in [3.63, 3.8) is 0 Å². The normalized spacial score (nSPS) is 12.1. The number of carbonyl (C=O) groups excluding carboxylic acids is 1. The minimum absolute atomic E-state index is 0.116. The van der Waals surface area contributed by atoms with E-state index in [-0.39, 0.29) is 18.4 Å². The van der Waals surface area contributed by atoms with Gasteiger partial charge in [-0.05, 0) is 38.9 Å². The van der Waals surface area contributed by atoms with Gasteiger partial charge >= 0.3 is 5.97 Å². The Hall–Kier alpha value is -1.92. The second-order valence-corrected chi connectivity index (χ2v) is 5.24. The first-order valence-electron chi connectivity index (χ1n) is 7.41. The summed E-state index contributed by atoms with van der Waals surface area (Å²) in [5.41, 5.74) is 0.655.